The number of hydrogen-bond acceptors (Lipinski definition) is 2. The molecule has 2 nitrogen and oxygen atoms in total. The van der Waals surface area contributed by atoms with E-state index < -0.39 is 0 Å². The lowest BCUT2D eigenvalue weighted by atomic mass is 9.76. The van der Waals surface area contributed by atoms with Crippen LogP contribution >= 0.6 is 0 Å². The molecule has 0 aliphatic heterocycles. The van der Waals surface area contributed by atoms with Gasteiger partial charge in [-0.3, -0.25) is 0 Å². The maximum Gasteiger partial charge on any atom is 0.126 e. The van der Waals surface area contributed by atoms with Crippen LogP contribution in [0.4, 0.5) is 0 Å². The third-order valence-corrected chi connectivity index (χ3v) is 5.15. The summed E-state index contributed by atoms with van der Waals surface area (Å²) in [5.74, 6) is 3.21. The van der Waals surface area contributed by atoms with Gasteiger partial charge in [0.05, 0.1) is 14.2 Å². The maximum absolute atomic E-state index is 5.60. The Morgan fingerprint density at radius 3 is 2.38 bits per heavy atom. The molecule has 2 atom stereocenters. The molecule has 0 amide bonds. The third-order valence-electron chi connectivity index (χ3n) is 5.15. The Morgan fingerprint density at radius 2 is 1.67 bits per heavy atom. The van der Waals surface area contributed by atoms with Crippen LogP contribution in [0, 0.1) is 5.92 Å². The fourth-order valence-electron chi connectivity index (χ4n) is 4.11. The van der Waals surface area contributed by atoms with Crippen molar-refractivity contribution in [1.82, 2.24) is 0 Å². The number of ether oxygens (including phenoxy) is 2. The molecule has 2 aromatic rings. The highest BCUT2D eigenvalue weighted by molar-refractivity contribution is 5.53. The van der Waals surface area contributed by atoms with Crippen LogP contribution in [0.3, 0.4) is 0 Å². The lowest BCUT2D eigenvalue weighted by Crippen LogP contribution is -2.20. The molecule has 0 fully saturated rings. The van der Waals surface area contributed by atoms with Crippen LogP contribution in [0.25, 0.3) is 0 Å². The van der Waals surface area contributed by atoms with Crippen LogP contribution in [0.1, 0.15) is 28.2 Å². The Bertz CT molecular complexity index is 690. The monoisotopic (exact) mass is 280 g/mol. The van der Waals surface area contributed by atoms with Crippen LogP contribution in [0.5, 0.6) is 11.5 Å². The van der Waals surface area contributed by atoms with Crippen molar-refractivity contribution in [3.05, 3.63) is 58.7 Å². The van der Waals surface area contributed by atoms with E-state index >= 15 is 0 Å². The van der Waals surface area contributed by atoms with Crippen molar-refractivity contribution >= 4 is 0 Å². The number of rotatable bonds is 2. The fraction of sp³-hybridized carbons (Fsp3) is 0.368. The predicted molar refractivity (Wildman–Crippen MR) is 83.3 cm³/mol. The minimum Gasteiger partial charge on any atom is -0.497 e. The Hall–Kier alpha value is -1.96. The molecule has 2 aliphatic rings. The Morgan fingerprint density at radius 1 is 0.905 bits per heavy atom. The highest BCUT2D eigenvalue weighted by Crippen LogP contribution is 2.49. The smallest absolute Gasteiger partial charge is 0.126 e. The van der Waals surface area contributed by atoms with E-state index in [9.17, 15) is 0 Å². The largest absolute Gasteiger partial charge is 0.497 e. The minimum absolute atomic E-state index is 0.610. The molecule has 4 rings (SSSR count). The SMILES string of the molecule is COc1cc(OC)c2c(c1)[C@@H]1Cc3ccccc3C[C@@H]1C2. The minimum atomic E-state index is 0.610. The molecule has 0 bridgehead atoms. The van der Waals surface area contributed by atoms with Gasteiger partial charge in [-0.05, 0) is 59.4 Å². The van der Waals surface area contributed by atoms with Crippen molar-refractivity contribution in [2.24, 2.45) is 5.92 Å². The molecule has 0 saturated heterocycles. The lowest BCUT2D eigenvalue weighted by Gasteiger charge is -2.28. The number of hydrogen-bond donors (Lipinski definition) is 0. The van der Waals surface area contributed by atoms with Gasteiger partial charge in [-0.2, -0.15) is 0 Å². The van der Waals surface area contributed by atoms with E-state index in [1.165, 1.54) is 28.7 Å². The molecule has 0 N–H and O–H groups in total. The maximum atomic E-state index is 5.60. The zero-order valence-corrected chi connectivity index (χ0v) is 12.6. The second-order valence-electron chi connectivity index (χ2n) is 6.15. The summed E-state index contributed by atoms with van der Waals surface area (Å²) in [7, 11) is 3.48. The molecule has 0 unspecified atom stereocenters. The fourth-order valence-corrected chi connectivity index (χ4v) is 4.11. The molecule has 0 radical (unpaired) electrons. The first kappa shape index (κ1) is 12.8. The quantitative estimate of drug-likeness (QED) is 0.834. The summed E-state index contributed by atoms with van der Waals surface area (Å²) < 4.78 is 11.1. The van der Waals surface area contributed by atoms with E-state index in [2.05, 4.69) is 30.3 Å². The van der Waals surface area contributed by atoms with E-state index in [0.29, 0.717) is 11.8 Å². The first-order chi connectivity index (χ1) is 10.3. The van der Waals surface area contributed by atoms with Gasteiger partial charge in [-0.1, -0.05) is 24.3 Å². The van der Waals surface area contributed by atoms with Gasteiger partial charge in [0.15, 0.2) is 0 Å². The van der Waals surface area contributed by atoms with Crippen LogP contribution in [-0.2, 0) is 19.3 Å². The summed E-state index contributed by atoms with van der Waals surface area (Å²) in [6.07, 6.45) is 3.45. The van der Waals surface area contributed by atoms with Gasteiger partial charge < -0.3 is 9.47 Å². The van der Waals surface area contributed by atoms with Crippen molar-refractivity contribution in [2.75, 3.05) is 14.2 Å². The van der Waals surface area contributed by atoms with Gasteiger partial charge in [0.2, 0.25) is 0 Å². The topological polar surface area (TPSA) is 18.5 Å². The standard InChI is InChI=1S/C19H20O2/c1-20-15-10-17-16-8-13-6-4-3-5-12(13)7-14(16)9-18(17)19(11-15)21-2/h3-6,10-11,14,16H,7-9H2,1-2H3/t14-,16-/m1/s1. The molecule has 0 saturated carbocycles. The van der Waals surface area contributed by atoms with Crippen molar-refractivity contribution in [2.45, 2.75) is 25.2 Å². The van der Waals surface area contributed by atoms with Gasteiger partial charge in [-0.25, -0.2) is 0 Å². The summed E-state index contributed by atoms with van der Waals surface area (Å²) in [5, 5.41) is 0. The number of benzene rings is 2. The van der Waals surface area contributed by atoms with Crippen LogP contribution in [0.2, 0.25) is 0 Å². The Balaban J connectivity index is 1.79. The molecule has 0 heterocycles. The first-order valence-electron chi connectivity index (χ1n) is 7.61. The van der Waals surface area contributed by atoms with Crippen LogP contribution < -0.4 is 9.47 Å². The van der Waals surface area contributed by atoms with E-state index in [-0.39, 0.29) is 0 Å². The van der Waals surface area contributed by atoms with Crippen molar-refractivity contribution < 1.29 is 9.47 Å². The van der Waals surface area contributed by atoms with Gasteiger partial charge in [0.25, 0.3) is 0 Å². The molecule has 2 aromatic carbocycles. The molecule has 0 aromatic heterocycles. The van der Waals surface area contributed by atoms with E-state index in [1.807, 2.05) is 6.07 Å². The van der Waals surface area contributed by atoms with Gasteiger partial charge in [-0.15, -0.1) is 0 Å². The zero-order valence-electron chi connectivity index (χ0n) is 12.6. The summed E-state index contributed by atoms with van der Waals surface area (Å²) in [6, 6.07) is 13.1. The van der Waals surface area contributed by atoms with E-state index in [0.717, 1.165) is 24.3 Å². The van der Waals surface area contributed by atoms with Crippen LogP contribution in [-0.4, -0.2) is 14.2 Å². The van der Waals surface area contributed by atoms with Crippen molar-refractivity contribution in [3.63, 3.8) is 0 Å². The van der Waals surface area contributed by atoms with Gasteiger partial charge in [0, 0.05) is 6.07 Å². The zero-order chi connectivity index (χ0) is 14.4. The summed E-state index contributed by atoms with van der Waals surface area (Å²) >= 11 is 0. The molecular formula is C19H20O2. The van der Waals surface area contributed by atoms with Crippen molar-refractivity contribution in [3.8, 4) is 11.5 Å². The van der Waals surface area contributed by atoms with Gasteiger partial charge >= 0.3 is 0 Å². The number of fused-ring (bicyclic) bond motifs is 4. The molecular weight excluding hydrogens is 260 g/mol. The lowest BCUT2D eigenvalue weighted by molar-refractivity contribution is 0.390. The third kappa shape index (κ3) is 1.93. The highest BCUT2D eigenvalue weighted by Gasteiger charge is 2.38. The first-order valence-corrected chi connectivity index (χ1v) is 7.61. The van der Waals surface area contributed by atoms with E-state index in [4.69, 9.17) is 9.47 Å². The second kappa shape index (κ2) is 4.80. The molecule has 0 spiro atoms. The Kier molecular flexibility index (Phi) is 2.91. The molecule has 2 heteroatoms. The normalized spacial score (nSPS) is 22.2. The molecule has 108 valence electrons. The Labute approximate surface area is 125 Å². The molecule has 21 heavy (non-hydrogen) atoms. The number of methoxy groups -OCH3 is 2. The summed E-state index contributed by atoms with van der Waals surface area (Å²) in [6.45, 7) is 0. The second-order valence-corrected chi connectivity index (χ2v) is 6.15. The van der Waals surface area contributed by atoms with Crippen molar-refractivity contribution in [1.29, 1.82) is 0 Å². The highest BCUT2D eigenvalue weighted by atomic mass is 16.5. The van der Waals surface area contributed by atoms with Crippen LogP contribution in [0.15, 0.2) is 36.4 Å². The predicted octanol–water partition coefficient (Wildman–Crippen LogP) is 3.76. The summed E-state index contributed by atoms with van der Waals surface area (Å²) in [5.41, 5.74) is 5.86. The van der Waals surface area contributed by atoms with Gasteiger partial charge in [0.1, 0.15) is 11.5 Å². The average molecular weight is 280 g/mol. The average Bonchev–Trinajstić information content (AvgIpc) is 2.89. The summed E-state index contributed by atoms with van der Waals surface area (Å²) in [4.78, 5) is 0. The van der Waals surface area contributed by atoms with E-state index in [1.54, 1.807) is 14.2 Å². The molecule has 2 aliphatic carbocycles.